The Labute approximate surface area is 82.5 Å². The van der Waals surface area contributed by atoms with E-state index in [2.05, 4.69) is 17.6 Å². The van der Waals surface area contributed by atoms with Crippen LogP contribution in [0.1, 0.15) is 39.0 Å². The highest BCUT2D eigenvalue weighted by Crippen LogP contribution is 1.96. The molecule has 3 nitrogen and oxygen atoms in total. The van der Waals surface area contributed by atoms with Crippen molar-refractivity contribution in [2.45, 2.75) is 39.0 Å². The molecule has 0 unspecified atom stereocenters. The van der Waals surface area contributed by atoms with Crippen molar-refractivity contribution < 1.29 is 0 Å². The molecule has 3 heteroatoms. The summed E-state index contributed by atoms with van der Waals surface area (Å²) in [6.07, 6.45) is 6.55. The quantitative estimate of drug-likeness (QED) is 0.354. The van der Waals surface area contributed by atoms with Gasteiger partial charge >= 0.3 is 0 Å². The molecular formula is C10H25N3. The Kier molecular flexibility index (Phi) is 11.8. The van der Waals surface area contributed by atoms with Gasteiger partial charge in [-0.3, -0.25) is 0 Å². The molecule has 0 rings (SSSR count). The molecule has 0 heterocycles. The topological polar surface area (TPSA) is 50.1 Å². The third-order valence-electron chi connectivity index (χ3n) is 2.06. The summed E-state index contributed by atoms with van der Waals surface area (Å²) >= 11 is 0. The number of hydrogen-bond acceptors (Lipinski definition) is 3. The Balaban J connectivity index is 2.76. The van der Waals surface area contributed by atoms with E-state index in [1.807, 2.05) is 0 Å². The SMILES string of the molecule is CCCCCCNCCCNCN. The van der Waals surface area contributed by atoms with Crippen LogP contribution in [0.25, 0.3) is 0 Å². The zero-order valence-electron chi connectivity index (χ0n) is 8.94. The van der Waals surface area contributed by atoms with Gasteiger partial charge in [-0.05, 0) is 32.5 Å². The van der Waals surface area contributed by atoms with Crippen LogP contribution in [-0.2, 0) is 0 Å². The lowest BCUT2D eigenvalue weighted by Crippen LogP contribution is -2.26. The van der Waals surface area contributed by atoms with Gasteiger partial charge in [-0.25, -0.2) is 0 Å². The van der Waals surface area contributed by atoms with Gasteiger partial charge in [0.1, 0.15) is 0 Å². The fourth-order valence-corrected chi connectivity index (χ4v) is 1.24. The minimum Gasteiger partial charge on any atom is -0.318 e. The van der Waals surface area contributed by atoms with E-state index in [4.69, 9.17) is 5.73 Å². The molecule has 0 aliphatic heterocycles. The first-order valence-corrected chi connectivity index (χ1v) is 5.53. The van der Waals surface area contributed by atoms with Gasteiger partial charge in [-0.15, -0.1) is 0 Å². The molecule has 0 spiro atoms. The molecule has 0 saturated heterocycles. The van der Waals surface area contributed by atoms with Gasteiger partial charge in [0.2, 0.25) is 0 Å². The number of rotatable bonds is 10. The van der Waals surface area contributed by atoms with E-state index >= 15 is 0 Å². The van der Waals surface area contributed by atoms with E-state index in [1.165, 1.54) is 38.6 Å². The average molecular weight is 187 g/mol. The number of nitrogens with two attached hydrogens (primary N) is 1. The summed E-state index contributed by atoms with van der Waals surface area (Å²) in [7, 11) is 0. The van der Waals surface area contributed by atoms with E-state index in [-0.39, 0.29) is 0 Å². The highest BCUT2D eigenvalue weighted by atomic mass is 15.0. The summed E-state index contributed by atoms with van der Waals surface area (Å²) < 4.78 is 0. The number of hydrogen-bond donors (Lipinski definition) is 3. The van der Waals surface area contributed by atoms with Crippen molar-refractivity contribution in [3.63, 3.8) is 0 Å². The van der Waals surface area contributed by atoms with E-state index in [0.717, 1.165) is 13.1 Å². The number of nitrogens with one attached hydrogen (secondary N) is 2. The van der Waals surface area contributed by atoms with Gasteiger partial charge in [0, 0.05) is 6.67 Å². The maximum atomic E-state index is 5.29. The van der Waals surface area contributed by atoms with E-state index in [9.17, 15) is 0 Å². The van der Waals surface area contributed by atoms with Crippen LogP contribution in [0.5, 0.6) is 0 Å². The summed E-state index contributed by atoms with van der Waals surface area (Å²) in [5, 5.41) is 6.52. The lowest BCUT2D eigenvalue weighted by molar-refractivity contribution is 0.568. The van der Waals surface area contributed by atoms with Gasteiger partial charge in [0.25, 0.3) is 0 Å². The van der Waals surface area contributed by atoms with Crippen molar-refractivity contribution in [1.29, 1.82) is 0 Å². The van der Waals surface area contributed by atoms with Crippen LogP contribution in [0.2, 0.25) is 0 Å². The molecule has 0 radical (unpaired) electrons. The predicted octanol–water partition coefficient (Wildman–Crippen LogP) is 1.05. The first-order valence-electron chi connectivity index (χ1n) is 5.53. The normalized spacial score (nSPS) is 10.6. The van der Waals surface area contributed by atoms with Crippen molar-refractivity contribution in [2.24, 2.45) is 5.73 Å². The Morgan fingerprint density at radius 2 is 1.54 bits per heavy atom. The van der Waals surface area contributed by atoms with Crippen LogP contribution >= 0.6 is 0 Å². The van der Waals surface area contributed by atoms with Crippen molar-refractivity contribution in [3.8, 4) is 0 Å². The van der Waals surface area contributed by atoms with Crippen LogP contribution in [0.3, 0.4) is 0 Å². The second-order valence-electron chi connectivity index (χ2n) is 3.37. The standard InChI is InChI=1S/C10H25N3/c1-2-3-4-5-7-12-8-6-9-13-10-11/h12-13H,2-11H2,1H3. The van der Waals surface area contributed by atoms with Gasteiger partial charge in [0.15, 0.2) is 0 Å². The minimum absolute atomic E-state index is 0.594. The fraction of sp³-hybridized carbons (Fsp3) is 1.00. The van der Waals surface area contributed by atoms with E-state index in [1.54, 1.807) is 0 Å². The summed E-state index contributed by atoms with van der Waals surface area (Å²) in [6, 6.07) is 0. The zero-order chi connectivity index (χ0) is 9.78. The predicted molar refractivity (Wildman–Crippen MR) is 58.7 cm³/mol. The summed E-state index contributed by atoms with van der Waals surface area (Å²) in [5.41, 5.74) is 5.29. The van der Waals surface area contributed by atoms with Crippen LogP contribution < -0.4 is 16.4 Å². The van der Waals surface area contributed by atoms with Crippen molar-refractivity contribution in [1.82, 2.24) is 10.6 Å². The zero-order valence-corrected chi connectivity index (χ0v) is 8.94. The molecule has 0 aromatic heterocycles. The molecule has 13 heavy (non-hydrogen) atoms. The maximum Gasteiger partial charge on any atom is 0.0428 e. The Morgan fingerprint density at radius 3 is 2.23 bits per heavy atom. The van der Waals surface area contributed by atoms with E-state index in [0.29, 0.717) is 6.67 Å². The van der Waals surface area contributed by atoms with Crippen LogP contribution in [0.4, 0.5) is 0 Å². The fourth-order valence-electron chi connectivity index (χ4n) is 1.24. The Morgan fingerprint density at radius 1 is 0.846 bits per heavy atom. The van der Waals surface area contributed by atoms with Crippen molar-refractivity contribution in [2.75, 3.05) is 26.3 Å². The monoisotopic (exact) mass is 187 g/mol. The second kappa shape index (κ2) is 11.9. The first kappa shape index (κ1) is 12.9. The minimum atomic E-state index is 0.594. The molecule has 0 aliphatic carbocycles. The van der Waals surface area contributed by atoms with Gasteiger partial charge < -0.3 is 16.4 Å². The van der Waals surface area contributed by atoms with Crippen LogP contribution in [0.15, 0.2) is 0 Å². The Bertz CT molecular complexity index is 76.2. The van der Waals surface area contributed by atoms with Crippen LogP contribution in [-0.4, -0.2) is 26.3 Å². The maximum absolute atomic E-state index is 5.29. The third kappa shape index (κ3) is 11.9. The average Bonchev–Trinajstić information content (AvgIpc) is 2.16. The highest BCUT2D eigenvalue weighted by molar-refractivity contribution is 4.51. The summed E-state index contributed by atoms with van der Waals surface area (Å²) in [5.74, 6) is 0. The molecule has 0 saturated carbocycles. The molecule has 0 atom stereocenters. The smallest absolute Gasteiger partial charge is 0.0428 e. The van der Waals surface area contributed by atoms with Gasteiger partial charge in [-0.1, -0.05) is 26.2 Å². The molecule has 80 valence electrons. The third-order valence-corrected chi connectivity index (χ3v) is 2.06. The summed E-state index contributed by atoms with van der Waals surface area (Å²) in [6.45, 7) is 6.14. The second-order valence-corrected chi connectivity index (χ2v) is 3.37. The van der Waals surface area contributed by atoms with E-state index < -0.39 is 0 Å². The Hall–Kier alpha value is -0.120. The first-order chi connectivity index (χ1) is 6.41. The van der Waals surface area contributed by atoms with Gasteiger partial charge in [-0.2, -0.15) is 0 Å². The molecule has 0 aromatic carbocycles. The summed E-state index contributed by atoms with van der Waals surface area (Å²) in [4.78, 5) is 0. The molecule has 0 aliphatic rings. The molecule has 4 N–H and O–H groups in total. The lowest BCUT2D eigenvalue weighted by Gasteiger charge is -2.04. The largest absolute Gasteiger partial charge is 0.318 e. The molecule has 0 bridgehead atoms. The number of unbranched alkanes of at least 4 members (excludes halogenated alkanes) is 3. The van der Waals surface area contributed by atoms with Crippen molar-refractivity contribution in [3.05, 3.63) is 0 Å². The lowest BCUT2D eigenvalue weighted by atomic mass is 10.2. The molecular weight excluding hydrogens is 162 g/mol. The van der Waals surface area contributed by atoms with Crippen LogP contribution in [0, 0.1) is 0 Å². The molecule has 0 amide bonds. The molecule has 0 fully saturated rings. The highest BCUT2D eigenvalue weighted by Gasteiger charge is 1.88. The van der Waals surface area contributed by atoms with Gasteiger partial charge in [0.05, 0.1) is 0 Å². The van der Waals surface area contributed by atoms with Crippen molar-refractivity contribution >= 4 is 0 Å². The molecule has 0 aromatic rings.